The fraction of sp³-hybridized carbons (Fsp3) is 0.188. The molecule has 3 aromatic rings. The van der Waals surface area contributed by atoms with Gasteiger partial charge in [0.2, 0.25) is 0 Å². The molecule has 0 aliphatic carbocycles. The predicted octanol–water partition coefficient (Wildman–Crippen LogP) is 2.61. The highest BCUT2D eigenvalue weighted by Crippen LogP contribution is 2.27. The van der Waals surface area contributed by atoms with Gasteiger partial charge in [0.25, 0.3) is 0 Å². The topological polar surface area (TPSA) is 72.9 Å². The number of hydrogen-bond acceptors (Lipinski definition) is 3. The Morgan fingerprint density at radius 2 is 2.04 bits per heavy atom. The first kappa shape index (κ1) is 15.3. The first-order valence-electron chi connectivity index (χ1n) is 7.03. The fourth-order valence-electron chi connectivity index (χ4n) is 2.45. The Morgan fingerprint density at radius 3 is 2.65 bits per heavy atom. The van der Waals surface area contributed by atoms with Crippen LogP contribution in [0.5, 0.6) is 0 Å². The van der Waals surface area contributed by atoms with Gasteiger partial charge in [0.1, 0.15) is 5.82 Å². The molecule has 23 heavy (non-hydrogen) atoms. The minimum Gasteiger partial charge on any atom is -0.481 e. The van der Waals surface area contributed by atoms with E-state index in [9.17, 15) is 4.79 Å². The maximum atomic E-state index is 11.2. The zero-order chi connectivity index (χ0) is 16.4. The summed E-state index contributed by atoms with van der Waals surface area (Å²) in [6.07, 6.45) is 3.26. The average molecular weight is 331 g/mol. The summed E-state index contributed by atoms with van der Waals surface area (Å²) >= 11 is 6.21. The van der Waals surface area contributed by atoms with Gasteiger partial charge in [-0.3, -0.25) is 4.79 Å². The summed E-state index contributed by atoms with van der Waals surface area (Å²) in [5, 5.41) is 9.38. The van der Waals surface area contributed by atoms with Gasteiger partial charge in [0, 0.05) is 18.8 Å². The van der Waals surface area contributed by atoms with Gasteiger partial charge in [-0.2, -0.15) is 0 Å². The summed E-state index contributed by atoms with van der Waals surface area (Å²) in [7, 11) is 1.89. The number of benzene rings is 1. The molecule has 0 aliphatic heterocycles. The number of carboxylic acids is 1. The van der Waals surface area contributed by atoms with Crippen LogP contribution in [0.3, 0.4) is 0 Å². The summed E-state index contributed by atoms with van der Waals surface area (Å²) in [4.78, 5) is 19.6. The van der Waals surface area contributed by atoms with Crippen molar-refractivity contribution in [3.8, 4) is 11.4 Å². The first-order valence-corrected chi connectivity index (χ1v) is 7.41. The first-order chi connectivity index (χ1) is 11.1. The lowest BCUT2D eigenvalue weighted by Gasteiger charge is -2.11. The quantitative estimate of drug-likeness (QED) is 0.780. The normalized spacial score (nSPS) is 10.9. The van der Waals surface area contributed by atoms with Crippen molar-refractivity contribution in [2.75, 3.05) is 0 Å². The number of halogens is 1. The largest absolute Gasteiger partial charge is 0.481 e. The molecule has 1 N–H and O–H groups in total. The van der Waals surface area contributed by atoms with Crippen LogP contribution in [-0.2, 0) is 24.8 Å². The molecule has 0 aliphatic rings. The Morgan fingerprint density at radius 1 is 1.30 bits per heavy atom. The van der Waals surface area contributed by atoms with E-state index in [0.717, 1.165) is 11.3 Å². The summed E-state index contributed by atoms with van der Waals surface area (Å²) < 4.78 is 3.72. The van der Waals surface area contributed by atoms with Crippen molar-refractivity contribution >= 4 is 17.6 Å². The number of rotatable bonds is 5. The molecule has 0 atom stereocenters. The zero-order valence-electron chi connectivity index (χ0n) is 12.5. The maximum Gasteiger partial charge on any atom is 0.309 e. The molecule has 2 aromatic heterocycles. The van der Waals surface area contributed by atoms with Crippen LogP contribution in [0.15, 0.2) is 42.9 Å². The molecule has 1 aromatic carbocycles. The second kappa shape index (κ2) is 6.26. The molecule has 0 fully saturated rings. The molecule has 2 heterocycles. The maximum absolute atomic E-state index is 11.2. The van der Waals surface area contributed by atoms with Crippen LogP contribution >= 0.6 is 11.6 Å². The van der Waals surface area contributed by atoms with Crippen molar-refractivity contribution in [3.63, 3.8) is 0 Å². The molecule has 3 rings (SSSR count). The second-order valence-electron chi connectivity index (χ2n) is 5.19. The fourth-order valence-corrected chi connectivity index (χ4v) is 2.69. The SMILES string of the molecule is Cn1cncc1Cn1c(-c2ccccc2)nc(Cl)c1CC(=O)O. The van der Waals surface area contributed by atoms with Crippen molar-refractivity contribution < 1.29 is 9.90 Å². The van der Waals surface area contributed by atoms with Crippen LogP contribution in [-0.4, -0.2) is 30.2 Å². The Labute approximate surface area is 138 Å². The smallest absolute Gasteiger partial charge is 0.309 e. The molecule has 0 saturated carbocycles. The Kier molecular flexibility index (Phi) is 4.16. The number of imidazole rings is 2. The van der Waals surface area contributed by atoms with Crippen LogP contribution < -0.4 is 0 Å². The minimum absolute atomic E-state index is 0.184. The van der Waals surface area contributed by atoms with Gasteiger partial charge in [-0.25, -0.2) is 9.97 Å². The van der Waals surface area contributed by atoms with E-state index >= 15 is 0 Å². The van der Waals surface area contributed by atoms with E-state index in [1.165, 1.54) is 0 Å². The van der Waals surface area contributed by atoms with Gasteiger partial charge in [0.05, 0.1) is 30.7 Å². The third-order valence-electron chi connectivity index (χ3n) is 3.61. The van der Waals surface area contributed by atoms with Crippen LogP contribution in [0.2, 0.25) is 5.15 Å². The van der Waals surface area contributed by atoms with E-state index in [0.29, 0.717) is 18.1 Å². The van der Waals surface area contributed by atoms with Crippen molar-refractivity contribution in [1.82, 2.24) is 19.1 Å². The van der Waals surface area contributed by atoms with Crippen LogP contribution in [0.25, 0.3) is 11.4 Å². The number of nitrogens with zero attached hydrogens (tertiary/aromatic N) is 4. The zero-order valence-corrected chi connectivity index (χ0v) is 13.2. The molecule has 0 bridgehead atoms. The lowest BCUT2D eigenvalue weighted by molar-refractivity contribution is -0.136. The van der Waals surface area contributed by atoms with E-state index in [1.807, 2.05) is 46.5 Å². The highest BCUT2D eigenvalue weighted by Gasteiger charge is 2.20. The minimum atomic E-state index is -0.947. The van der Waals surface area contributed by atoms with E-state index in [1.54, 1.807) is 12.5 Å². The number of aromatic nitrogens is 4. The molecule has 7 heteroatoms. The van der Waals surface area contributed by atoms with Crippen molar-refractivity contribution in [1.29, 1.82) is 0 Å². The third kappa shape index (κ3) is 3.12. The molecule has 0 radical (unpaired) electrons. The molecule has 6 nitrogen and oxygen atoms in total. The number of carboxylic acid groups (broad SMARTS) is 1. The van der Waals surface area contributed by atoms with Crippen LogP contribution in [0.4, 0.5) is 0 Å². The molecule has 0 spiro atoms. The van der Waals surface area contributed by atoms with Crippen LogP contribution in [0.1, 0.15) is 11.4 Å². The highest BCUT2D eigenvalue weighted by molar-refractivity contribution is 6.30. The molecular weight excluding hydrogens is 316 g/mol. The number of hydrogen-bond donors (Lipinski definition) is 1. The monoisotopic (exact) mass is 330 g/mol. The van der Waals surface area contributed by atoms with E-state index in [-0.39, 0.29) is 11.6 Å². The van der Waals surface area contributed by atoms with Gasteiger partial charge < -0.3 is 14.2 Å². The lowest BCUT2D eigenvalue weighted by Crippen LogP contribution is -2.12. The molecule has 0 unspecified atom stereocenters. The Balaban J connectivity index is 2.12. The van der Waals surface area contributed by atoms with Crippen molar-refractivity contribution in [2.45, 2.75) is 13.0 Å². The van der Waals surface area contributed by atoms with Crippen molar-refractivity contribution in [2.24, 2.45) is 7.05 Å². The summed E-state index contributed by atoms with van der Waals surface area (Å²) in [5.74, 6) is -0.300. The average Bonchev–Trinajstić information content (AvgIpc) is 3.06. The molecule has 0 saturated heterocycles. The van der Waals surface area contributed by atoms with E-state index < -0.39 is 5.97 Å². The van der Waals surface area contributed by atoms with Gasteiger partial charge in [-0.1, -0.05) is 41.9 Å². The highest BCUT2D eigenvalue weighted by atomic mass is 35.5. The van der Waals surface area contributed by atoms with E-state index in [4.69, 9.17) is 16.7 Å². The molecular formula is C16H15ClN4O2. The van der Waals surface area contributed by atoms with Gasteiger partial charge in [-0.15, -0.1) is 0 Å². The summed E-state index contributed by atoms with van der Waals surface area (Å²) in [5.41, 5.74) is 2.30. The Bertz CT molecular complexity index is 839. The second-order valence-corrected chi connectivity index (χ2v) is 5.55. The lowest BCUT2D eigenvalue weighted by atomic mass is 10.2. The number of carbonyl (C=O) groups is 1. The van der Waals surface area contributed by atoms with Gasteiger partial charge >= 0.3 is 5.97 Å². The van der Waals surface area contributed by atoms with Crippen molar-refractivity contribution in [3.05, 3.63) is 59.4 Å². The number of aliphatic carboxylic acids is 1. The predicted molar refractivity (Wildman–Crippen MR) is 86.3 cm³/mol. The molecule has 118 valence electrons. The third-order valence-corrected chi connectivity index (χ3v) is 3.91. The Hall–Kier alpha value is -2.60. The van der Waals surface area contributed by atoms with Gasteiger partial charge in [-0.05, 0) is 0 Å². The summed E-state index contributed by atoms with van der Waals surface area (Å²) in [6, 6.07) is 9.57. The van der Waals surface area contributed by atoms with Crippen LogP contribution in [0, 0.1) is 0 Å². The number of aryl methyl sites for hydroxylation is 1. The molecule has 0 amide bonds. The van der Waals surface area contributed by atoms with Gasteiger partial charge in [0.15, 0.2) is 5.15 Å². The standard InChI is InChI=1S/C16H15ClN4O2/c1-20-10-18-8-12(20)9-21-13(7-14(22)23)15(17)19-16(21)11-5-3-2-4-6-11/h2-6,8,10H,7,9H2,1H3,(H,22,23). The summed E-state index contributed by atoms with van der Waals surface area (Å²) in [6.45, 7) is 0.447. The van der Waals surface area contributed by atoms with E-state index in [2.05, 4.69) is 9.97 Å².